The van der Waals surface area contributed by atoms with Crippen LogP contribution in [-0.4, -0.2) is 48.0 Å². The predicted octanol–water partition coefficient (Wildman–Crippen LogP) is 5.75. The van der Waals surface area contributed by atoms with Crippen LogP contribution in [0.15, 0.2) is 53.6 Å². The molecule has 2 N–H and O–H groups in total. The lowest BCUT2D eigenvalue weighted by Crippen LogP contribution is -2.17. The molecule has 0 spiro atoms. The molecule has 10 nitrogen and oxygen atoms in total. The molecule has 0 bridgehead atoms. The van der Waals surface area contributed by atoms with Crippen molar-refractivity contribution in [3.05, 3.63) is 65.5 Å². The van der Waals surface area contributed by atoms with Crippen molar-refractivity contribution >= 4 is 45.5 Å². The van der Waals surface area contributed by atoms with E-state index >= 15 is 0 Å². The number of halogens is 1. The first kappa shape index (κ1) is 27.7. The van der Waals surface area contributed by atoms with Crippen LogP contribution in [0.2, 0.25) is 5.02 Å². The van der Waals surface area contributed by atoms with E-state index in [2.05, 4.69) is 26.7 Å². The largest absolute Gasteiger partial charge is 0.492 e. The van der Waals surface area contributed by atoms with Crippen molar-refractivity contribution in [1.29, 1.82) is 5.26 Å². The highest BCUT2D eigenvalue weighted by atomic mass is 35.5. The normalized spacial score (nSPS) is 10.9. The second kappa shape index (κ2) is 13.0. The molecular formula is C28H29ClN6O4. The Labute approximate surface area is 231 Å². The summed E-state index contributed by atoms with van der Waals surface area (Å²) in [7, 11) is 3.94. The summed E-state index contributed by atoms with van der Waals surface area (Å²) in [6.07, 6.45) is 5.42. The van der Waals surface area contributed by atoms with E-state index in [1.807, 2.05) is 25.9 Å². The fraction of sp³-hybridized carbons (Fsp3) is 0.286. The minimum atomic E-state index is -0.121. The number of nitriles is 1. The lowest BCUT2D eigenvalue weighted by molar-refractivity contribution is -0.116. The smallest absolute Gasteiger partial charge is 0.224 e. The number of rotatable bonds is 12. The summed E-state index contributed by atoms with van der Waals surface area (Å²) in [5.41, 5.74) is 3.25. The number of hydrogen-bond acceptors (Lipinski definition) is 9. The maximum Gasteiger partial charge on any atom is 0.224 e. The third-order valence-corrected chi connectivity index (χ3v) is 6.03. The minimum Gasteiger partial charge on any atom is -0.492 e. The molecule has 0 aliphatic heterocycles. The minimum absolute atomic E-state index is 0.121. The number of fused-ring (bicyclic) bond motifs is 1. The van der Waals surface area contributed by atoms with E-state index in [0.29, 0.717) is 68.8 Å². The van der Waals surface area contributed by atoms with Crippen LogP contribution < -0.4 is 20.1 Å². The first-order valence-corrected chi connectivity index (χ1v) is 12.8. The Morgan fingerprint density at radius 1 is 1.18 bits per heavy atom. The molecule has 0 fully saturated rings. The second-order valence-corrected chi connectivity index (χ2v) is 9.36. The molecule has 0 aliphatic rings. The molecule has 39 heavy (non-hydrogen) atoms. The number of nitrogens with one attached hydrogen (secondary N) is 2. The number of pyridine rings is 1. The number of nitrogens with zero attached hydrogens (tertiary/aromatic N) is 4. The molecule has 4 rings (SSSR count). The molecule has 1 amide bonds. The molecule has 0 aliphatic carbocycles. The number of oxazole rings is 1. The molecular weight excluding hydrogens is 520 g/mol. The van der Waals surface area contributed by atoms with Gasteiger partial charge in [0.05, 0.1) is 34.1 Å². The number of benzene rings is 2. The Morgan fingerprint density at radius 3 is 2.72 bits per heavy atom. The Balaban J connectivity index is 1.63. The molecule has 11 heteroatoms. The van der Waals surface area contributed by atoms with Crippen molar-refractivity contribution < 1.29 is 18.7 Å². The number of amides is 1. The van der Waals surface area contributed by atoms with Gasteiger partial charge in [0.1, 0.15) is 36.1 Å². The fourth-order valence-corrected chi connectivity index (χ4v) is 4.12. The Hall–Kier alpha value is -4.33. The first-order valence-electron chi connectivity index (χ1n) is 12.4. The van der Waals surface area contributed by atoms with Crippen LogP contribution in [0, 0.1) is 11.3 Å². The summed E-state index contributed by atoms with van der Waals surface area (Å²) >= 11 is 6.47. The summed E-state index contributed by atoms with van der Waals surface area (Å²) in [5.74, 6) is 0.862. The molecule has 202 valence electrons. The van der Waals surface area contributed by atoms with E-state index in [-0.39, 0.29) is 12.5 Å². The number of carbonyl (C=O) groups is 1. The number of aromatic nitrogens is 2. The average molecular weight is 549 g/mol. The van der Waals surface area contributed by atoms with Crippen LogP contribution in [0.1, 0.15) is 31.0 Å². The van der Waals surface area contributed by atoms with E-state index in [0.717, 1.165) is 13.0 Å². The quantitative estimate of drug-likeness (QED) is 0.227. The van der Waals surface area contributed by atoms with Crippen molar-refractivity contribution in [3.63, 3.8) is 0 Å². The number of ether oxygens (including phenoxy) is 2. The summed E-state index contributed by atoms with van der Waals surface area (Å²) in [5, 5.41) is 17.1. The lowest BCUT2D eigenvalue weighted by Gasteiger charge is -2.17. The zero-order valence-electron chi connectivity index (χ0n) is 22.0. The number of carbonyl (C=O) groups excluding carboxylic acids is 1. The zero-order chi connectivity index (χ0) is 27.8. The van der Waals surface area contributed by atoms with Crippen LogP contribution in [0.4, 0.5) is 17.1 Å². The van der Waals surface area contributed by atoms with Gasteiger partial charge >= 0.3 is 0 Å². The summed E-state index contributed by atoms with van der Waals surface area (Å²) < 4.78 is 16.5. The predicted molar refractivity (Wildman–Crippen MR) is 150 cm³/mol. The van der Waals surface area contributed by atoms with Gasteiger partial charge in [0.2, 0.25) is 5.91 Å². The topological polar surface area (TPSA) is 126 Å². The second-order valence-electron chi connectivity index (χ2n) is 8.95. The van der Waals surface area contributed by atoms with Crippen LogP contribution in [0.25, 0.3) is 10.9 Å². The third kappa shape index (κ3) is 7.16. The monoisotopic (exact) mass is 548 g/mol. The van der Waals surface area contributed by atoms with Gasteiger partial charge in [-0.05, 0) is 58.3 Å². The van der Waals surface area contributed by atoms with E-state index in [1.54, 1.807) is 30.3 Å². The van der Waals surface area contributed by atoms with Crippen LogP contribution >= 0.6 is 11.6 Å². The molecule has 0 saturated carbocycles. The maximum atomic E-state index is 12.7. The van der Waals surface area contributed by atoms with E-state index < -0.39 is 0 Å². The lowest BCUT2D eigenvalue weighted by atomic mass is 10.1. The van der Waals surface area contributed by atoms with Crippen molar-refractivity contribution in [2.24, 2.45) is 0 Å². The molecule has 4 aromatic rings. The zero-order valence-corrected chi connectivity index (χ0v) is 22.7. The highest BCUT2D eigenvalue weighted by Gasteiger charge is 2.16. The maximum absolute atomic E-state index is 12.7. The van der Waals surface area contributed by atoms with Crippen LogP contribution in [0.5, 0.6) is 11.5 Å². The van der Waals surface area contributed by atoms with E-state index in [4.69, 9.17) is 25.5 Å². The Kier molecular flexibility index (Phi) is 9.20. The number of anilines is 3. The number of hydrogen-bond donors (Lipinski definition) is 2. The first-order chi connectivity index (χ1) is 18.9. The molecule has 0 saturated heterocycles. The Bertz CT molecular complexity index is 1480. The van der Waals surface area contributed by atoms with E-state index in [9.17, 15) is 10.1 Å². The van der Waals surface area contributed by atoms with E-state index in [1.165, 1.54) is 18.9 Å². The Morgan fingerprint density at radius 2 is 2.03 bits per heavy atom. The van der Waals surface area contributed by atoms with Gasteiger partial charge in [-0.2, -0.15) is 5.26 Å². The summed E-state index contributed by atoms with van der Waals surface area (Å²) in [6.45, 7) is 3.30. The molecule has 2 aromatic heterocycles. The van der Waals surface area contributed by atoms with Gasteiger partial charge in [-0.1, -0.05) is 11.6 Å². The van der Waals surface area contributed by atoms with Gasteiger partial charge in [-0.25, -0.2) is 4.98 Å². The average Bonchev–Trinajstić information content (AvgIpc) is 3.42. The molecule has 0 unspecified atom stereocenters. The third-order valence-electron chi connectivity index (χ3n) is 5.73. The van der Waals surface area contributed by atoms with Gasteiger partial charge < -0.3 is 29.4 Å². The van der Waals surface area contributed by atoms with Crippen molar-refractivity contribution in [3.8, 4) is 17.6 Å². The molecule has 0 atom stereocenters. The van der Waals surface area contributed by atoms with Gasteiger partial charge in [0, 0.05) is 29.8 Å². The van der Waals surface area contributed by atoms with Gasteiger partial charge in [-0.3, -0.25) is 9.78 Å². The summed E-state index contributed by atoms with van der Waals surface area (Å²) in [6, 6.07) is 10.9. The van der Waals surface area contributed by atoms with Crippen molar-refractivity contribution in [2.75, 3.05) is 37.9 Å². The van der Waals surface area contributed by atoms with Gasteiger partial charge in [0.15, 0.2) is 6.39 Å². The molecule has 2 aromatic carbocycles. The van der Waals surface area contributed by atoms with Crippen LogP contribution in [-0.2, 0) is 11.4 Å². The highest BCUT2D eigenvalue weighted by Crippen LogP contribution is 2.37. The SMILES string of the molecule is CCOc1cc2ncc(C#N)c(Nc3ccc(OCc4cocn4)c(Cl)c3)c2cc1NC(=O)CCCN(C)C. The summed E-state index contributed by atoms with van der Waals surface area (Å²) in [4.78, 5) is 23.2. The highest BCUT2D eigenvalue weighted by molar-refractivity contribution is 6.32. The van der Waals surface area contributed by atoms with Crippen LogP contribution in [0.3, 0.4) is 0 Å². The van der Waals surface area contributed by atoms with Gasteiger partial charge in [0.25, 0.3) is 0 Å². The standard InChI is InChI=1S/C28H29ClN6O4/c1-4-38-26-12-23-21(11-24(26)34-27(36)6-5-9-35(2)3)28(18(13-30)14-31-23)33-19-7-8-25(22(29)10-19)39-16-20-15-37-17-32-20/h7-8,10-12,14-15,17H,4-6,9,16H2,1-3H3,(H,31,33)(H,34,36). The molecule has 2 heterocycles. The van der Waals surface area contributed by atoms with Crippen molar-refractivity contribution in [1.82, 2.24) is 14.9 Å². The molecule has 0 radical (unpaired) electrons. The fourth-order valence-electron chi connectivity index (χ4n) is 3.88. The van der Waals surface area contributed by atoms with Gasteiger partial charge in [-0.15, -0.1) is 0 Å². The van der Waals surface area contributed by atoms with Crippen molar-refractivity contribution in [2.45, 2.75) is 26.4 Å².